The third-order valence-electron chi connectivity index (χ3n) is 2.11. The Morgan fingerprint density at radius 3 is 2.25 bits per heavy atom. The van der Waals surface area contributed by atoms with Gasteiger partial charge in [0, 0.05) is 5.56 Å². The highest BCUT2D eigenvalue weighted by molar-refractivity contribution is 5.39. The van der Waals surface area contributed by atoms with E-state index in [4.69, 9.17) is 5.26 Å². The summed E-state index contributed by atoms with van der Waals surface area (Å²) >= 11 is 0. The second-order valence-electron chi connectivity index (χ2n) is 2.74. The zero-order chi connectivity index (χ0) is 9.30. The summed E-state index contributed by atoms with van der Waals surface area (Å²) in [7, 11) is 0. The molecule has 0 aromatic carbocycles. The standard InChI is InChI=1S/C9H9FN2/c1-5-6(2)8(4-11)12-9(10)7(5)3/h1-3H3. The van der Waals surface area contributed by atoms with E-state index in [9.17, 15) is 4.39 Å². The fraction of sp³-hybridized carbons (Fsp3) is 0.333. The van der Waals surface area contributed by atoms with Crippen LogP contribution in [0.15, 0.2) is 0 Å². The van der Waals surface area contributed by atoms with Gasteiger partial charge in [0.1, 0.15) is 11.8 Å². The fourth-order valence-corrected chi connectivity index (χ4v) is 0.988. The Morgan fingerprint density at radius 1 is 1.17 bits per heavy atom. The Morgan fingerprint density at radius 2 is 1.75 bits per heavy atom. The van der Waals surface area contributed by atoms with E-state index >= 15 is 0 Å². The van der Waals surface area contributed by atoms with Gasteiger partial charge in [-0.05, 0) is 31.9 Å². The summed E-state index contributed by atoms with van der Waals surface area (Å²) < 4.78 is 12.9. The van der Waals surface area contributed by atoms with Crippen molar-refractivity contribution in [3.63, 3.8) is 0 Å². The quantitative estimate of drug-likeness (QED) is 0.550. The largest absolute Gasteiger partial charge is 0.217 e. The van der Waals surface area contributed by atoms with Crippen molar-refractivity contribution >= 4 is 0 Å². The van der Waals surface area contributed by atoms with Gasteiger partial charge in [-0.1, -0.05) is 0 Å². The molecule has 0 N–H and O–H groups in total. The number of pyridine rings is 1. The smallest absolute Gasteiger partial charge is 0.208 e. The van der Waals surface area contributed by atoms with E-state index in [2.05, 4.69) is 4.98 Å². The van der Waals surface area contributed by atoms with Crippen molar-refractivity contribution in [2.24, 2.45) is 0 Å². The molecule has 0 atom stereocenters. The maximum absolute atomic E-state index is 12.9. The SMILES string of the molecule is Cc1c(F)nc(C#N)c(C)c1C. The highest BCUT2D eigenvalue weighted by Crippen LogP contribution is 2.16. The molecule has 1 aromatic rings. The Labute approximate surface area is 70.7 Å². The molecule has 1 rings (SSSR count). The molecule has 0 amide bonds. The van der Waals surface area contributed by atoms with Gasteiger partial charge in [0.15, 0.2) is 0 Å². The van der Waals surface area contributed by atoms with Crippen molar-refractivity contribution < 1.29 is 4.39 Å². The van der Waals surface area contributed by atoms with Gasteiger partial charge in [-0.15, -0.1) is 0 Å². The van der Waals surface area contributed by atoms with Crippen molar-refractivity contribution in [2.45, 2.75) is 20.8 Å². The molecule has 0 radical (unpaired) electrons. The summed E-state index contributed by atoms with van der Waals surface area (Å²) in [5.41, 5.74) is 2.26. The van der Waals surface area contributed by atoms with Gasteiger partial charge in [-0.2, -0.15) is 9.65 Å². The van der Waals surface area contributed by atoms with Crippen LogP contribution in [-0.2, 0) is 0 Å². The van der Waals surface area contributed by atoms with Gasteiger partial charge < -0.3 is 0 Å². The minimum Gasteiger partial charge on any atom is -0.208 e. The molecule has 0 fully saturated rings. The maximum atomic E-state index is 12.9. The van der Waals surface area contributed by atoms with E-state index < -0.39 is 5.95 Å². The predicted octanol–water partition coefficient (Wildman–Crippen LogP) is 2.02. The molecule has 0 saturated heterocycles. The first kappa shape index (κ1) is 8.66. The first-order valence-electron chi connectivity index (χ1n) is 3.61. The highest BCUT2D eigenvalue weighted by Gasteiger charge is 2.09. The second kappa shape index (κ2) is 2.90. The van der Waals surface area contributed by atoms with E-state index in [1.165, 1.54) is 0 Å². The van der Waals surface area contributed by atoms with Crippen LogP contribution in [0.3, 0.4) is 0 Å². The first-order chi connectivity index (χ1) is 5.57. The van der Waals surface area contributed by atoms with Crippen LogP contribution in [-0.4, -0.2) is 4.98 Å². The molecule has 0 aliphatic carbocycles. The number of hydrogen-bond acceptors (Lipinski definition) is 2. The van der Waals surface area contributed by atoms with Crippen molar-refractivity contribution in [3.8, 4) is 6.07 Å². The van der Waals surface area contributed by atoms with Crippen LogP contribution in [0.1, 0.15) is 22.4 Å². The van der Waals surface area contributed by atoms with Crippen LogP contribution in [0.25, 0.3) is 0 Å². The molecular formula is C9H9FN2. The Balaban J connectivity index is 3.52. The van der Waals surface area contributed by atoms with E-state index in [-0.39, 0.29) is 5.69 Å². The molecule has 2 nitrogen and oxygen atoms in total. The normalized spacial score (nSPS) is 9.58. The minimum absolute atomic E-state index is 0.176. The third kappa shape index (κ3) is 1.16. The summed E-state index contributed by atoms with van der Waals surface area (Å²) in [6.07, 6.45) is 0. The summed E-state index contributed by atoms with van der Waals surface area (Å²) in [6, 6.07) is 1.85. The number of halogens is 1. The van der Waals surface area contributed by atoms with E-state index in [1.54, 1.807) is 20.8 Å². The van der Waals surface area contributed by atoms with Crippen molar-refractivity contribution in [3.05, 3.63) is 28.3 Å². The number of hydrogen-bond donors (Lipinski definition) is 0. The zero-order valence-electron chi connectivity index (χ0n) is 7.27. The minimum atomic E-state index is -0.547. The number of rotatable bonds is 0. The van der Waals surface area contributed by atoms with Gasteiger partial charge in [-0.25, -0.2) is 4.98 Å². The monoisotopic (exact) mass is 164 g/mol. The van der Waals surface area contributed by atoms with Crippen LogP contribution < -0.4 is 0 Å². The van der Waals surface area contributed by atoms with E-state index in [0.29, 0.717) is 5.56 Å². The topological polar surface area (TPSA) is 36.7 Å². The maximum Gasteiger partial charge on any atom is 0.217 e. The van der Waals surface area contributed by atoms with Crippen LogP contribution in [0.5, 0.6) is 0 Å². The molecule has 62 valence electrons. The first-order valence-corrected chi connectivity index (χ1v) is 3.61. The summed E-state index contributed by atoms with van der Waals surface area (Å²) in [5, 5.41) is 8.58. The molecule has 0 aliphatic heterocycles. The average Bonchev–Trinajstić information content (AvgIpc) is 2.08. The zero-order valence-corrected chi connectivity index (χ0v) is 7.27. The molecule has 0 aliphatic rings. The highest BCUT2D eigenvalue weighted by atomic mass is 19.1. The predicted molar refractivity (Wildman–Crippen MR) is 43.1 cm³/mol. The summed E-state index contributed by atoms with van der Waals surface area (Å²) in [6.45, 7) is 5.22. The van der Waals surface area contributed by atoms with Crippen LogP contribution in [0.2, 0.25) is 0 Å². The summed E-state index contributed by atoms with van der Waals surface area (Å²) in [4.78, 5) is 3.52. The Bertz CT molecular complexity index is 364. The van der Waals surface area contributed by atoms with Crippen molar-refractivity contribution in [2.75, 3.05) is 0 Å². The van der Waals surface area contributed by atoms with Crippen molar-refractivity contribution in [1.82, 2.24) is 4.98 Å². The van der Waals surface area contributed by atoms with Crippen LogP contribution in [0.4, 0.5) is 4.39 Å². The molecule has 0 spiro atoms. The van der Waals surface area contributed by atoms with Crippen LogP contribution >= 0.6 is 0 Å². The van der Waals surface area contributed by atoms with Crippen molar-refractivity contribution in [1.29, 1.82) is 5.26 Å². The molecule has 0 saturated carbocycles. The fourth-order valence-electron chi connectivity index (χ4n) is 0.988. The van der Waals surface area contributed by atoms with Gasteiger partial charge in [0.25, 0.3) is 0 Å². The lowest BCUT2D eigenvalue weighted by Crippen LogP contribution is -2.00. The van der Waals surface area contributed by atoms with E-state index in [0.717, 1.165) is 11.1 Å². The second-order valence-corrected chi connectivity index (χ2v) is 2.74. The summed E-state index contributed by atoms with van der Waals surface area (Å²) in [5.74, 6) is -0.547. The lowest BCUT2D eigenvalue weighted by Gasteiger charge is -2.05. The van der Waals surface area contributed by atoms with Gasteiger partial charge in [0.2, 0.25) is 5.95 Å². The van der Waals surface area contributed by atoms with E-state index in [1.807, 2.05) is 6.07 Å². The average molecular weight is 164 g/mol. The van der Waals surface area contributed by atoms with Gasteiger partial charge >= 0.3 is 0 Å². The molecule has 1 aromatic heterocycles. The number of nitriles is 1. The Hall–Kier alpha value is -1.43. The molecule has 0 unspecified atom stereocenters. The van der Waals surface area contributed by atoms with Crippen LogP contribution in [0, 0.1) is 38.1 Å². The lowest BCUT2D eigenvalue weighted by atomic mass is 10.1. The van der Waals surface area contributed by atoms with Gasteiger partial charge in [-0.3, -0.25) is 0 Å². The van der Waals surface area contributed by atoms with Gasteiger partial charge in [0.05, 0.1) is 0 Å². The number of nitrogens with zero attached hydrogens (tertiary/aromatic N) is 2. The number of aromatic nitrogens is 1. The molecule has 3 heteroatoms. The third-order valence-corrected chi connectivity index (χ3v) is 2.11. The molecule has 1 heterocycles. The lowest BCUT2D eigenvalue weighted by molar-refractivity contribution is 0.570. The molecule has 0 bridgehead atoms. The molecule has 12 heavy (non-hydrogen) atoms. The molecular weight excluding hydrogens is 155 g/mol. The Kier molecular flexibility index (Phi) is 2.09.